The zero-order valence-corrected chi connectivity index (χ0v) is 13.8. The Morgan fingerprint density at radius 2 is 1.96 bits per heavy atom. The first-order chi connectivity index (χ1) is 12.1. The summed E-state index contributed by atoms with van der Waals surface area (Å²) in [7, 11) is -3.80. The highest BCUT2D eigenvalue weighted by atomic mass is 32.2. The summed E-state index contributed by atoms with van der Waals surface area (Å²) in [6.07, 6.45) is -2.97. The van der Waals surface area contributed by atoms with Gasteiger partial charge in [0.2, 0.25) is 21.7 Å². The average molecular weight is 382 g/mol. The minimum absolute atomic E-state index is 0.105. The van der Waals surface area contributed by atoms with Crippen LogP contribution in [0.1, 0.15) is 11.4 Å². The molecule has 0 radical (unpaired) electrons. The molecule has 0 bridgehead atoms. The molecule has 0 unspecified atom stereocenters. The van der Waals surface area contributed by atoms with Crippen molar-refractivity contribution in [1.29, 1.82) is 5.26 Å². The third-order valence-corrected chi connectivity index (χ3v) is 4.34. The molecular formula is C15H9F3N4O3S. The Morgan fingerprint density at radius 3 is 2.50 bits per heavy atom. The van der Waals surface area contributed by atoms with Gasteiger partial charge in [0.05, 0.1) is 22.9 Å². The largest absolute Gasteiger partial charge is 0.439 e. The van der Waals surface area contributed by atoms with Crippen LogP contribution >= 0.6 is 0 Å². The Bertz CT molecular complexity index is 1130. The molecule has 0 aliphatic heterocycles. The monoisotopic (exact) mass is 382 g/mol. The van der Waals surface area contributed by atoms with E-state index in [-0.39, 0.29) is 28.5 Å². The Balaban J connectivity index is 2.01. The topological polar surface area (TPSA) is 97.9 Å². The number of ether oxygens (including phenoxy) is 1. The summed E-state index contributed by atoms with van der Waals surface area (Å²) in [4.78, 5) is 7.49. The number of alkyl halides is 3. The SMILES string of the molecule is CS(=O)(=O)n1c(C#N)nc2ccc(Oc3ccc(C(F)(F)F)cn3)cc21. The van der Waals surface area contributed by atoms with Gasteiger partial charge in [0.15, 0.2) is 0 Å². The van der Waals surface area contributed by atoms with Crippen molar-refractivity contribution in [1.82, 2.24) is 13.9 Å². The van der Waals surface area contributed by atoms with Crippen molar-refractivity contribution in [3.63, 3.8) is 0 Å². The van der Waals surface area contributed by atoms with Crippen LogP contribution in [0.5, 0.6) is 11.6 Å². The lowest BCUT2D eigenvalue weighted by Crippen LogP contribution is -2.12. The quantitative estimate of drug-likeness (QED) is 0.691. The van der Waals surface area contributed by atoms with Crippen LogP contribution in [0.2, 0.25) is 0 Å². The van der Waals surface area contributed by atoms with Gasteiger partial charge in [-0.05, 0) is 18.2 Å². The number of halogens is 3. The first-order valence-corrected chi connectivity index (χ1v) is 8.78. The Labute approximate surface area is 145 Å². The number of nitriles is 1. The molecule has 0 aliphatic carbocycles. The molecule has 0 atom stereocenters. The fraction of sp³-hybridized carbons (Fsp3) is 0.133. The van der Waals surface area contributed by atoms with Gasteiger partial charge in [0.1, 0.15) is 11.8 Å². The van der Waals surface area contributed by atoms with E-state index in [0.717, 1.165) is 22.4 Å². The minimum Gasteiger partial charge on any atom is -0.439 e. The van der Waals surface area contributed by atoms with Gasteiger partial charge in [0, 0.05) is 18.3 Å². The smallest absolute Gasteiger partial charge is 0.417 e. The maximum Gasteiger partial charge on any atom is 0.417 e. The van der Waals surface area contributed by atoms with Gasteiger partial charge in [-0.2, -0.15) is 18.4 Å². The van der Waals surface area contributed by atoms with E-state index in [9.17, 15) is 21.6 Å². The van der Waals surface area contributed by atoms with Crippen LogP contribution in [-0.4, -0.2) is 28.6 Å². The van der Waals surface area contributed by atoms with Crippen molar-refractivity contribution in [2.24, 2.45) is 0 Å². The second-order valence-corrected chi connectivity index (χ2v) is 7.04. The fourth-order valence-corrected chi connectivity index (χ4v) is 3.13. The summed E-state index contributed by atoms with van der Waals surface area (Å²) in [5.41, 5.74) is -0.567. The summed E-state index contributed by atoms with van der Waals surface area (Å²) in [6, 6.07) is 7.72. The van der Waals surface area contributed by atoms with Crippen LogP contribution < -0.4 is 4.74 Å². The van der Waals surface area contributed by atoms with Crippen molar-refractivity contribution in [3.8, 4) is 17.7 Å². The van der Waals surface area contributed by atoms with Crippen molar-refractivity contribution in [2.75, 3.05) is 6.26 Å². The number of hydrogen-bond acceptors (Lipinski definition) is 6. The zero-order valence-electron chi connectivity index (χ0n) is 13.0. The van der Waals surface area contributed by atoms with Crippen LogP contribution in [0.15, 0.2) is 36.5 Å². The predicted molar refractivity (Wildman–Crippen MR) is 84.0 cm³/mol. The minimum atomic E-state index is -4.51. The first kappa shape index (κ1) is 17.7. The number of imidazole rings is 1. The Hall–Kier alpha value is -3.13. The van der Waals surface area contributed by atoms with E-state index in [1.165, 1.54) is 18.2 Å². The lowest BCUT2D eigenvalue weighted by molar-refractivity contribution is -0.137. The number of hydrogen-bond donors (Lipinski definition) is 0. The number of benzene rings is 1. The molecule has 0 spiro atoms. The van der Waals surface area contributed by atoms with Crippen LogP contribution in [0, 0.1) is 11.3 Å². The van der Waals surface area contributed by atoms with Gasteiger partial charge in [0.25, 0.3) is 0 Å². The van der Waals surface area contributed by atoms with Crippen molar-refractivity contribution in [3.05, 3.63) is 47.9 Å². The molecule has 0 saturated heterocycles. The molecule has 11 heteroatoms. The molecule has 0 N–H and O–H groups in total. The standard InChI is InChI=1S/C15H9F3N4O3S/c1-26(23,24)22-12-6-10(3-4-11(12)21-13(22)7-19)25-14-5-2-9(8-20-14)15(16,17)18/h2-6,8H,1H3. The highest BCUT2D eigenvalue weighted by Crippen LogP contribution is 2.31. The molecule has 0 fully saturated rings. The summed E-state index contributed by atoms with van der Waals surface area (Å²) >= 11 is 0. The normalized spacial score (nSPS) is 12.1. The molecule has 7 nitrogen and oxygen atoms in total. The van der Waals surface area contributed by atoms with Gasteiger partial charge < -0.3 is 4.74 Å². The van der Waals surface area contributed by atoms with E-state index >= 15 is 0 Å². The molecule has 134 valence electrons. The molecule has 0 aliphatic rings. The van der Waals surface area contributed by atoms with Crippen LogP contribution in [0.3, 0.4) is 0 Å². The first-order valence-electron chi connectivity index (χ1n) is 6.94. The number of rotatable bonds is 3. The zero-order chi connectivity index (χ0) is 19.1. The van der Waals surface area contributed by atoms with Crippen LogP contribution in [0.25, 0.3) is 11.0 Å². The van der Waals surface area contributed by atoms with E-state index in [1.807, 2.05) is 0 Å². The van der Waals surface area contributed by atoms with Gasteiger partial charge in [-0.15, -0.1) is 0 Å². The number of pyridine rings is 1. The second-order valence-electron chi connectivity index (χ2n) is 5.21. The number of aromatic nitrogens is 3. The van der Waals surface area contributed by atoms with Gasteiger partial charge in [-0.3, -0.25) is 0 Å². The van der Waals surface area contributed by atoms with Gasteiger partial charge in [-0.25, -0.2) is 22.4 Å². The molecular weight excluding hydrogens is 373 g/mol. The highest BCUT2D eigenvalue weighted by molar-refractivity contribution is 7.89. The van der Waals surface area contributed by atoms with E-state index < -0.39 is 21.8 Å². The molecule has 0 saturated carbocycles. The van der Waals surface area contributed by atoms with E-state index in [0.29, 0.717) is 6.20 Å². The molecule has 0 amide bonds. The third-order valence-electron chi connectivity index (χ3n) is 3.30. The molecule has 1 aromatic carbocycles. The number of nitrogens with zero attached hydrogens (tertiary/aromatic N) is 4. The highest BCUT2D eigenvalue weighted by Gasteiger charge is 2.30. The molecule has 2 heterocycles. The maximum atomic E-state index is 12.5. The van der Waals surface area contributed by atoms with Gasteiger partial charge >= 0.3 is 6.18 Å². The van der Waals surface area contributed by atoms with Crippen LogP contribution in [0.4, 0.5) is 13.2 Å². The molecule has 3 aromatic rings. The van der Waals surface area contributed by atoms with Gasteiger partial charge in [-0.1, -0.05) is 0 Å². The summed E-state index contributed by atoms with van der Waals surface area (Å²) in [5.74, 6) is -0.297. The average Bonchev–Trinajstić information content (AvgIpc) is 2.92. The lowest BCUT2D eigenvalue weighted by Gasteiger charge is -2.08. The summed E-state index contributed by atoms with van der Waals surface area (Å²) in [6.45, 7) is 0. The number of fused-ring (bicyclic) bond motifs is 1. The van der Waals surface area contributed by atoms with Crippen molar-refractivity contribution in [2.45, 2.75) is 6.18 Å². The summed E-state index contributed by atoms with van der Waals surface area (Å²) < 4.78 is 67.5. The van der Waals surface area contributed by atoms with Crippen molar-refractivity contribution < 1.29 is 26.3 Å². The molecule has 2 aromatic heterocycles. The second kappa shape index (κ2) is 5.99. The summed E-state index contributed by atoms with van der Waals surface area (Å²) in [5, 5.41) is 9.05. The maximum absolute atomic E-state index is 12.5. The lowest BCUT2D eigenvalue weighted by atomic mass is 10.3. The van der Waals surface area contributed by atoms with E-state index in [1.54, 1.807) is 6.07 Å². The van der Waals surface area contributed by atoms with E-state index in [2.05, 4.69) is 9.97 Å². The predicted octanol–water partition coefficient (Wildman–Crippen LogP) is 2.92. The Morgan fingerprint density at radius 1 is 1.23 bits per heavy atom. The Kier molecular flexibility index (Phi) is 4.08. The molecule has 3 rings (SSSR count). The molecule has 26 heavy (non-hydrogen) atoms. The van der Waals surface area contributed by atoms with Crippen LogP contribution in [-0.2, 0) is 16.2 Å². The fourth-order valence-electron chi connectivity index (χ4n) is 2.23. The third kappa shape index (κ3) is 3.31. The van der Waals surface area contributed by atoms with Crippen molar-refractivity contribution >= 4 is 21.1 Å². The van der Waals surface area contributed by atoms with E-state index in [4.69, 9.17) is 10.00 Å².